The number of hydrogen-bond donors (Lipinski definition) is 0. The average Bonchev–Trinajstić information content (AvgIpc) is 3.15. The van der Waals surface area contributed by atoms with Crippen molar-refractivity contribution in [3.05, 3.63) is 57.5 Å². The Hall–Kier alpha value is -2.38. The van der Waals surface area contributed by atoms with E-state index in [2.05, 4.69) is 9.88 Å². The van der Waals surface area contributed by atoms with Crippen LogP contribution in [0.2, 0.25) is 0 Å². The van der Waals surface area contributed by atoms with Crippen molar-refractivity contribution < 1.29 is 9.47 Å². The van der Waals surface area contributed by atoms with Gasteiger partial charge >= 0.3 is 0 Å². The number of benzene rings is 1. The third-order valence-corrected chi connectivity index (χ3v) is 4.43. The predicted molar refractivity (Wildman–Crippen MR) is 87.1 cm³/mol. The van der Waals surface area contributed by atoms with Gasteiger partial charge in [0.05, 0.1) is 5.69 Å². The minimum atomic E-state index is -0.0391. The number of nitrogens with zero attached hydrogens (tertiary/aromatic N) is 3. The molecule has 0 spiro atoms. The van der Waals surface area contributed by atoms with E-state index in [1.165, 1.54) is 11.3 Å². The van der Waals surface area contributed by atoms with Crippen LogP contribution in [-0.4, -0.2) is 28.1 Å². The van der Waals surface area contributed by atoms with Gasteiger partial charge in [-0.2, -0.15) is 0 Å². The lowest BCUT2D eigenvalue weighted by Crippen LogP contribution is -2.21. The zero-order chi connectivity index (χ0) is 15.8. The highest BCUT2D eigenvalue weighted by Gasteiger charge is 2.14. The molecule has 2 aromatic heterocycles. The second-order valence-corrected chi connectivity index (χ2v) is 6.37. The summed E-state index contributed by atoms with van der Waals surface area (Å²) in [5.74, 6) is 1.57. The van der Waals surface area contributed by atoms with Crippen LogP contribution in [0.15, 0.2) is 40.6 Å². The van der Waals surface area contributed by atoms with Crippen LogP contribution in [0.1, 0.15) is 11.3 Å². The van der Waals surface area contributed by atoms with E-state index in [1.807, 2.05) is 30.6 Å². The molecule has 0 unspecified atom stereocenters. The van der Waals surface area contributed by atoms with Crippen LogP contribution < -0.4 is 15.0 Å². The molecule has 0 saturated heterocycles. The lowest BCUT2D eigenvalue weighted by Gasteiger charge is -2.16. The van der Waals surface area contributed by atoms with E-state index in [-0.39, 0.29) is 12.4 Å². The molecule has 118 valence electrons. The number of ether oxygens (including phenoxy) is 2. The molecule has 0 aliphatic carbocycles. The molecule has 0 N–H and O–H groups in total. The summed E-state index contributed by atoms with van der Waals surface area (Å²) >= 11 is 1.46. The Morgan fingerprint density at radius 2 is 2.13 bits per heavy atom. The number of thiazole rings is 1. The fraction of sp³-hybridized carbons (Fsp3) is 0.250. The minimum Gasteiger partial charge on any atom is -0.454 e. The molecule has 7 heteroatoms. The van der Waals surface area contributed by atoms with E-state index in [0.717, 1.165) is 34.3 Å². The van der Waals surface area contributed by atoms with E-state index in [0.29, 0.717) is 6.54 Å². The molecule has 0 saturated carbocycles. The molecule has 4 rings (SSSR count). The maximum absolute atomic E-state index is 12.0. The largest absolute Gasteiger partial charge is 0.454 e. The van der Waals surface area contributed by atoms with Gasteiger partial charge in [0.2, 0.25) is 6.79 Å². The summed E-state index contributed by atoms with van der Waals surface area (Å²) in [6.07, 6.45) is 1.75. The minimum absolute atomic E-state index is 0.0391. The van der Waals surface area contributed by atoms with Gasteiger partial charge in [0.25, 0.3) is 5.56 Å². The number of fused-ring (bicyclic) bond motifs is 2. The highest BCUT2D eigenvalue weighted by molar-refractivity contribution is 7.15. The van der Waals surface area contributed by atoms with Gasteiger partial charge in [-0.1, -0.05) is 6.07 Å². The van der Waals surface area contributed by atoms with E-state index in [9.17, 15) is 4.79 Å². The van der Waals surface area contributed by atoms with Crippen molar-refractivity contribution in [1.82, 2.24) is 14.3 Å². The van der Waals surface area contributed by atoms with Crippen molar-refractivity contribution >= 4 is 16.3 Å². The molecule has 3 heterocycles. The molecule has 0 fully saturated rings. The molecule has 0 amide bonds. The summed E-state index contributed by atoms with van der Waals surface area (Å²) in [5.41, 5.74) is 1.87. The van der Waals surface area contributed by atoms with E-state index in [1.54, 1.807) is 16.7 Å². The van der Waals surface area contributed by atoms with Crippen LogP contribution in [0.5, 0.6) is 11.5 Å². The molecule has 1 aromatic carbocycles. The van der Waals surface area contributed by atoms with Gasteiger partial charge in [-0.05, 0) is 24.7 Å². The quantitative estimate of drug-likeness (QED) is 0.734. The summed E-state index contributed by atoms with van der Waals surface area (Å²) in [4.78, 5) is 19.4. The Balaban J connectivity index is 1.50. The number of aromatic nitrogens is 2. The van der Waals surface area contributed by atoms with Crippen LogP contribution in [0, 0.1) is 0 Å². The van der Waals surface area contributed by atoms with Crippen molar-refractivity contribution in [2.24, 2.45) is 0 Å². The Bertz CT molecular complexity index is 918. The topological polar surface area (TPSA) is 56.1 Å². The first-order valence-electron chi connectivity index (χ1n) is 7.22. The molecule has 0 atom stereocenters. The third kappa shape index (κ3) is 2.80. The summed E-state index contributed by atoms with van der Waals surface area (Å²) in [7, 11) is 2.00. The fourth-order valence-electron chi connectivity index (χ4n) is 2.65. The Labute approximate surface area is 136 Å². The summed E-state index contributed by atoms with van der Waals surface area (Å²) in [5, 5.41) is 1.86. The molecular formula is C16H15N3O3S. The van der Waals surface area contributed by atoms with Crippen molar-refractivity contribution in [3.63, 3.8) is 0 Å². The number of rotatable bonds is 4. The average molecular weight is 329 g/mol. The smallest absolute Gasteiger partial charge is 0.258 e. The normalized spacial score (nSPS) is 13.1. The molecule has 0 radical (unpaired) electrons. The molecule has 6 nitrogen and oxygen atoms in total. The van der Waals surface area contributed by atoms with Crippen molar-refractivity contribution in [3.8, 4) is 11.5 Å². The molecule has 1 aliphatic rings. The van der Waals surface area contributed by atoms with Crippen molar-refractivity contribution in [2.45, 2.75) is 13.1 Å². The predicted octanol–water partition coefficient (Wildman–Crippen LogP) is 2.12. The second-order valence-electron chi connectivity index (χ2n) is 5.50. The van der Waals surface area contributed by atoms with Crippen molar-refractivity contribution in [2.75, 3.05) is 13.8 Å². The standard InChI is InChI=1S/C16H15N3O3S/c1-18(8-11-2-3-13-14(6-11)22-10-21-13)9-12-7-15(20)19-4-5-23-16(19)17-12/h2-7H,8-10H2,1H3. The zero-order valence-corrected chi connectivity index (χ0v) is 13.4. The lowest BCUT2D eigenvalue weighted by atomic mass is 10.2. The molecule has 1 aliphatic heterocycles. The van der Waals surface area contributed by atoms with Gasteiger partial charge < -0.3 is 9.47 Å². The molecule has 3 aromatic rings. The second kappa shape index (κ2) is 5.68. The lowest BCUT2D eigenvalue weighted by molar-refractivity contribution is 0.174. The maximum atomic E-state index is 12.0. The highest BCUT2D eigenvalue weighted by Crippen LogP contribution is 2.32. The first-order chi connectivity index (χ1) is 11.2. The van der Waals surface area contributed by atoms with E-state index < -0.39 is 0 Å². The van der Waals surface area contributed by atoms with Crippen LogP contribution in [0.4, 0.5) is 0 Å². The van der Waals surface area contributed by atoms with Crippen LogP contribution in [0.3, 0.4) is 0 Å². The Morgan fingerprint density at radius 3 is 3.04 bits per heavy atom. The Kier molecular flexibility index (Phi) is 3.51. The van der Waals surface area contributed by atoms with Crippen molar-refractivity contribution in [1.29, 1.82) is 0 Å². The van der Waals surface area contributed by atoms with E-state index in [4.69, 9.17) is 9.47 Å². The van der Waals surface area contributed by atoms with Gasteiger partial charge in [0.15, 0.2) is 16.5 Å². The molecule has 23 heavy (non-hydrogen) atoms. The summed E-state index contributed by atoms with van der Waals surface area (Å²) < 4.78 is 12.3. The molecular weight excluding hydrogens is 314 g/mol. The first-order valence-corrected chi connectivity index (χ1v) is 8.10. The van der Waals surface area contributed by atoms with Crippen LogP contribution in [-0.2, 0) is 13.1 Å². The summed E-state index contributed by atoms with van der Waals surface area (Å²) in [6.45, 7) is 1.63. The fourth-order valence-corrected chi connectivity index (χ4v) is 3.39. The highest BCUT2D eigenvalue weighted by atomic mass is 32.1. The number of hydrogen-bond acceptors (Lipinski definition) is 6. The van der Waals surface area contributed by atoms with Gasteiger partial charge in [-0.15, -0.1) is 11.3 Å². The van der Waals surface area contributed by atoms with Gasteiger partial charge in [0.1, 0.15) is 0 Å². The summed E-state index contributed by atoms with van der Waals surface area (Å²) in [6, 6.07) is 7.53. The van der Waals surface area contributed by atoms with E-state index >= 15 is 0 Å². The SMILES string of the molecule is CN(Cc1ccc2c(c1)OCO2)Cc1cc(=O)n2ccsc2n1. The third-order valence-electron chi connectivity index (χ3n) is 3.68. The zero-order valence-electron chi connectivity index (χ0n) is 12.6. The Morgan fingerprint density at radius 1 is 1.26 bits per heavy atom. The van der Waals surface area contributed by atoms with Gasteiger partial charge in [-0.3, -0.25) is 14.1 Å². The van der Waals surface area contributed by atoms with Crippen LogP contribution in [0.25, 0.3) is 4.96 Å². The van der Waals surface area contributed by atoms with Gasteiger partial charge in [-0.25, -0.2) is 4.98 Å². The maximum Gasteiger partial charge on any atom is 0.258 e. The van der Waals surface area contributed by atoms with Gasteiger partial charge in [0, 0.05) is 30.7 Å². The molecule has 0 bridgehead atoms. The van der Waals surface area contributed by atoms with Crippen LogP contribution >= 0.6 is 11.3 Å². The monoisotopic (exact) mass is 329 g/mol. The first kappa shape index (κ1) is 14.2.